The van der Waals surface area contributed by atoms with Crippen molar-refractivity contribution in [2.24, 2.45) is 0 Å². The normalized spacial score (nSPS) is 12.8. The lowest BCUT2D eigenvalue weighted by Crippen LogP contribution is -2.59. The molecule has 7 aromatic carbocycles. The minimum absolute atomic E-state index is 0.0329. The van der Waals surface area contributed by atoms with E-state index in [4.69, 9.17) is 9.15 Å². The smallest absolute Gasteiger partial charge is 0.256 e. The first kappa shape index (κ1) is 27.9. The molecular formula is C44H31BN2O2. The van der Waals surface area contributed by atoms with Gasteiger partial charge in [-0.2, -0.15) is 0 Å². The third-order valence-electron chi connectivity index (χ3n) is 10.1. The fourth-order valence-electron chi connectivity index (χ4n) is 7.88. The van der Waals surface area contributed by atoms with Crippen LogP contribution < -0.4 is 30.9 Å². The Morgan fingerprint density at radius 3 is 2.22 bits per heavy atom. The summed E-state index contributed by atoms with van der Waals surface area (Å²) in [7, 11) is 0. The van der Waals surface area contributed by atoms with Crippen LogP contribution in [0, 0.1) is 13.8 Å². The quantitative estimate of drug-likeness (QED) is 0.181. The van der Waals surface area contributed by atoms with E-state index in [0.717, 1.165) is 61.6 Å². The van der Waals surface area contributed by atoms with E-state index >= 15 is 0 Å². The van der Waals surface area contributed by atoms with Crippen LogP contribution in [0.2, 0.25) is 0 Å². The van der Waals surface area contributed by atoms with Gasteiger partial charge in [-0.15, -0.1) is 0 Å². The van der Waals surface area contributed by atoms with E-state index in [9.17, 15) is 0 Å². The van der Waals surface area contributed by atoms with E-state index in [-0.39, 0.29) is 6.71 Å². The Labute approximate surface area is 285 Å². The van der Waals surface area contributed by atoms with Gasteiger partial charge in [0.1, 0.15) is 17.1 Å². The van der Waals surface area contributed by atoms with Crippen LogP contribution in [0.3, 0.4) is 0 Å². The van der Waals surface area contributed by atoms with E-state index in [1.807, 2.05) is 12.1 Å². The molecule has 232 valence electrons. The summed E-state index contributed by atoms with van der Waals surface area (Å²) in [6.07, 6.45) is 0. The van der Waals surface area contributed by atoms with Gasteiger partial charge in [0.15, 0.2) is 5.58 Å². The van der Waals surface area contributed by atoms with Crippen molar-refractivity contribution >= 4 is 79.2 Å². The highest BCUT2D eigenvalue weighted by Gasteiger charge is 2.42. The van der Waals surface area contributed by atoms with E-state index in [1.54, 1.807) is 0 Å². The molecule has 0 aliphatic carbocycles. The van der Waals surface area contributed by atoms with Crippen LogP contribution in [0.1, 0.15) is 11.1 Å². The second-order valence-electron chi connectivity index (χ2n) is 13.1. The van der Waals surface area contributed by atoms with Crippen molar-refractivity contribution in [3.8, 4) is 11.5 Å². The average Bonchev–Trinajstić information content (AvgIpc) is 3.53. The first-order chi connectivity index (χ1) is 24.1. The summed E-state index contributed by atoms with van der Waals surface area (Å²) in [5.74, 6) is 1.76. The van der Waals surface area contributed by atoms with Crippen molar-refractivity contribution in [3.63, 3.8) is 0 Å². The lowest BCUT2D eigenvalue weighted by molar-refractivity contribution is 0.487. The zero-order valence-electron chi connectivity index (χ0n) is 27.2. The Morgan fingerprint density at radius 1 is 0.592 bits per heavy atom. The molecule has 0 N–H and O–H groups in total. The Hall–Kier alpha value is -6.20. The summed E-state index contributed by atoms with van der Waals surface area (Å²) < 4.78 is 13.5. The molecule has 0 bridgehead atoms. The zero-order valence-corrected chi connectivity index (χ0v) is 27.2. The molecule has 0 fully saturated rings. The highest BCUT2D eigenvalue weighted by molar-refractivity contribution is 6.99. The molecular weight excluding hydrogens is 599 g/mol. The number of nitrogens with zero attached hydrogens (tertiary/aromatic N) is 2. The number of para-hydroxylation sites is 4. The molecule has 1 aromatic heterocycles. The summed E-state index contributed by atoms with van der Waals surface area (Å²) >= 11 is 0. The Morgan fingerprint density at radius 2 is 1.35 bits per heavy atom. The maximum Gasteiger partial charge on any atom is 0.256 e. The van der Waals surface area contributed by atoms with Gasteiger partial charge in [-0.1, -0.05) is 96.6 Å². The number of furan rings is 1. The monoisotopic (exact) mass is 630 g/mol. The van der Waals surface area contributed by atoms with Gasteiger partial charge in [0, 0.05) is 45.3 Å². The summed E-state index contributed by atoms with van der Waals surface area (Å²) in [5.41, 5.74) is 14.4. The van der Waals surface area contributed by atoms with Gasteiger partial charge in [-0.3, -0.25) is 0 Å². The summed E-state index contributed by atoms with van der Waals surface area (Å²) in [6, 6.07) is 53.8. The number of hydrogen-bond donors (Lipinski definition) is 0. The molecule has 0 saturated carbocycles. The fourth-order valence-corrected chi connectivity index (χ4v) is 7.88. The molecule has 0 spiro atoms. The molecule has 5 heteroatoms. The topological polar surface area (TPSA) is 28.9 Å². The van der Waals surface area contributed by atoms with Crippen molar-refractivity contribution in [2.75, 3.05) is 9.80 Å². The number of fused-ring (bicyclic) bond motifs is 7. The Bertz CT molecular complexity index is 2570. The van der Waals surface area contributed by atoms with Gasteiger partial charge in [-0.05, 0) is 90.4 Å². The van der Waals surface area contributed by atoms with Crippen LogP contribution >= 0.6 is 0 Å². The van der Waals surface area contributed by atoms with Gasteiger partial charge in [0.25, 0.3) is 6.71 Å². The molecule has 49 heavy (non-hydrogen) atoms. The van der Waals surface area contributed by atoms with Gasteiger partial charge in [0.05, 0.1) is 5.69 Å². The maximum atomic E-state index is 6.92. The highest BCUT2D eigenvalue weighted by Crippen LogP contribution is 2.45. The van der Waals surface area contributed by atoms with E-state index < -0.39 is 0 Å². The molecule has 0 atom stereocenters. The second kappa shape index (κ2) is 10.7. The third-order valence-corrected chi connectivity index (χ3v) is 10.1. The number of aryl methyl sites for hydroxylation is 2. The van der Waals surface area contributed by atoms with E-state index in [1.165, 1.54) is 33.4 Å². The molecule has 2 aliphatic heterocycles. The second-order valence-corrected chi connectivity index (χ2v) is 13.1. The summed E-state index contributed by atoms with van der Waals surface area (Å²) in [5, 5.41) is 2.21. The van der Waals surface area contributed by atoms with Gasteiger partial charge >= 0.3 is 0 Å². The first-order valence-electron chi connectivity index (χ1n) is 16.8. The van der Waals surface area contributed by atoms with Gasteiger partial charge < -0.3 is 19.0 Å². The predicted octanol–water partition coefficient (Wildman–Crippen LogP) is 10.1. The Balaban J connectivity index is 1.18. The van der Waals surface area contributed by atoms with Crippen LogP contribution in [0.5, 0.6) is 11.5 Å². The SMILES string of the molecule is Cc1ccc(N(c2ccc3c(c2)Oc2ccc(C)c4c2B3c2ccccc2N4c2ccccc2)c2cccc3c2oc2ccccc23)cc1. The van der Waals surface area contributed by atoms with Crippen molar-refractivity contribution < 1.29 is 9.15 Å². The van der Waals surface area contributed by atoms with E-state index in [0.29, 0.717) is 0 Å². The van der Waals surface area contributed by atoms with Gasteiger partial charge in [-0.25, -0.2) is 0 Å². The minimum Gasteiger partial charge on any atom is -0.458 e. The van der Waals surface area contributed by atoms with Crippen LogP contribution in [-0.2, 0) is 0 Å². The number of ether oxygens (including phenoxy) is 1. The lowest BCUT2D eigenvalue weighted by atomic mass is 9.34. The average molecular weight is 631 g/mol. The minimum atomic E-state index is 0.0329. The fraction of sp³-hybridized carbons (Fsp3) is 0.0455. The third kappa shape index (κ3) is 4.19. The molecule has 2 aliphatic rings. The number of benzene rings is 7. The van der Waals surface area contributed by atoms with Crippen molar-refractivity contribution in [1.29, 1.82) is 0 Å². The maximum absolute atomic E-state index is 6.92. The van der Waals surface area contributed by atoms with Crippen LogP contribution in [0.4, 0.5) is 34.1 Å². The molecule has 0 radical (unpaired) electrons. The number of hydrogen-bond acceptors (Lipinski definition) is 4. The van der Waals surface area contributed by atoms with Crippen LogP contribution in [0.25, 0.3) is 21.9 Å². The highest BCUT2D eigenvalue weighted by atomic mass is 16.5. The molecule has 0 saturated heterocycles. The van der Waals surface area contributed by atoms with E-state index in [2.05, 4.69) is 163 Å². The largest absolute Gasteiger partial charge is 0.458 e. The molecule has 4 nitrogen and oxygen atoms in total. The van der Waals surface area contributed by atoms with Crippen molar-refractivity contribution in [3.05, 3.63) is 163 Å². The standard InChI is InChI=1S/C44H31BN2O2/c1-28-19-22-31(23-20-28)46(38-17-10-14-34-33-13-6-9-18-39(33)49-44(34)38)32-24-25-36-41(27-32)48-40-26-21-29(2)43-42(40)45(36)35-15-7-8-16-37(35)47(43)30-11-4-3-5-12-30/h3-27H,1-2H3. The number of rotatable bonds is 4. The Kier molecular flexibility index (Phi) is 6.06. The first-order valence-corrected chi connectivity index (χ1v) is 16.8. The van der Waals surface area contributed by atoms with Crippen LogP contribution in [-0.4, -0.2) is 6.71 Å². The number of anilines is 6. The summed E-state index contributed by atoms with van der Waals surface area (Å²) in [4.78, 5) is 4.69. The summed E-state index contributed by atoms with van der Waals surface area (Å²) in [6.45, 7) is 4.35. The van der Waals surface area contributed by atoms with Gasteiger partial charge in [0.2, 0.25) is 0 Å². The molecule has 10 rings (SSSR count). The molecule has 3 heterocycles. The lowest BCUT2D eigenvalue weighted by Gasteiger charge is -2.41. The van der Waals surface area contributed by atoms with Crippen molar-refractivity contribution in [2.45, 2.75) is 13.8 Å². The molecule has 0 unspecified atom stereocenters. The zero-order chi connectivity index (χ0) is 32.6. The molecule has 8 aromatic rings. The van der Waals surface area contributed by atoms with Crippen LogP contribution in [0.15, 0.2) is 156 Å². The van der Waals surface area contributed by atoms with Crippen molar-refractivity contribution in [1.82, 2.24) is 0 Å². The predicted molar refractivity (Wildman–Crippen MR) is 204 cm³/mol. The molecule has 0 amide bonds.